The molecule has 2 aromatic rings. The Hall–Kier alpha value is -2.08. The van der Waals surface area contributed by atoms with Crippen LogP contribution in [0.15, 0.2) is 48.5 Å². The fourth-order valence-electron chi connectivity index (χ4n) is 2.77. The first-order valence-corrected chi connectivity index (χ1v) is 8.10. The molecule has 25 heavy (non-hydrogen) atoms. The lowest BCUT2D eigenvalue weighted by molar-refractivity contribution is -0.128. The van der Waals surface area contributed by atoms with E-state index < -0.39 is 6.10 Å². The van der Waals surface area contributed by atoms with Gasteiger partial charge in [-0.25, -0.2) is 0 Å². The Kier molecular flexibility index (Phi) is 7.25. The van der Waals surface area contributed by atoms with Gasteiger partial charge in [-0.2, -0.15) is 0 Å². The third kappa shape index (κ3) is 5.19. The molecule has 1 fully saturated rings. The minimum absolute atomic E-state index is 0. The van der Waals surface area contributed by atoms with Crippen molar-refractivity contribution in [1.82, 2.24) is 5.32 Å². The summed E-state index contributed by atoms with van der Waals surface area (Å²) in [7, 11) is 1.66. The monoisotopic (exact) mass is 362 g/mol. The first-order valence-electron chi connectivity index (χ1n) is 8.10. The number of carbonyl (C=O) groups excluding carboxylic acids is 1. The van der Waals surface area contributed by atoms with Gasteiger partial charge < -0.3 is 20.1 Å². The molecule has 0 radical (unpaired) electrons. The standard InChI is InChI=1S/C19H22N2O3.ClH/c1-23-17-8-7-16(21-19(22)18-13-20-9-10-24-18)12-15(17)11-14-5-3-2-4-6-14;/h2-8,12,18,20H,9-11,13H2,1H3,(H,21,22);1H. The van der Waals surface area contributed by atoms with Crippen molar-refractivity contribution >= 4 is 24.0 Å². The lowest BCUT2D eigenvalue weighted by Gasteiger charge is -2.23. The zero-order valence-electron chi connectivity index (χ0n) is 14.2. The Labute approximate surface area is 154 Å². The molecule has 1 saturated heterocycles. The fourth-order valence-corrected chi connectivity index (χ4v) is 2.77. The molecule has 1 unspecified atom stereocenters. The molecule has 0 aromatic heterocycles. The van der Waals surface area contributed by atoms with Crippen LogP contribution in [-0.4, -0.2) is 38.8 Å². The van der Waals surface area contributed by atoms with Crippen LogP contribution < -0.4 is 15.4 Å². The molecule has 0 bridgehead atoms. The number of ether oxygens (including phenoxy) is 2. The zero-order valence-corrected chi connectivity index (χ0v) is 15.0. The van der Waals surface area contributed by atoms with E-state index in [4.69, 9.17) is 9.47 Å². The smallest absolute Gasteiger partial charge is 0.254 e. The van der Waals surface area contributed by atoms with Crippen molar-refractivity contribution in [3.8, 4) is 5.75 Å². The summed E-state index contributed by atoms with van der Waals surface area (Å²) in [5.74, 6) is 0.686. The second-order valence-electron chi connectivity index (χ2n) is 5.74. The average molecular weight is 363 g/mol. The molecule has 2 N–H and O–H groups in total. The van der Waals surface area contributed by atoms with Crippen LogP contribution in [0.4, 0.5) is 5.69 Å². The topological polar surface area (TPSA) is 59.6 Å². The van der Waals surface area contributed by atoms with Crippen LogP contribution in [0.2, 0.25) is 0 Å². The highest BCUT2D eigenvalue weighted by Gasteiger charge is 2.22. The molecule has 2 aromatic carbocycles. The minimum atomic E-state index is -0.446. The third-order valence-corrected chi connectivity index (χ3v) is 4.01. The second-order valence-corrected chi connectivity index (χ2v) is 5.74. The molecule has 1 atom stereocenters. The van der Waals surface area contributed by atoms with E-state index in [9.17, 15) is 4.79 Å². The number of nitrogens with one attached hydrogen (secondary N) is 2. The number of carbonyl (C=O) groups is 1. The molecule has 1 heterocycles. The first-order chi connectivity index (χ1) is 11.8. The summed E-state index contributed by atoms with van der Waals surface area (Å²) in [4.78, 5) is 12.3. The maximum absolute atomic E-state index is 12.3. The van der Waals surface area contributed by atoms with Gasteiger partial charge in [0, 0.05) is 30.8 Å². The van der Waals surface area contributed by atoms with Gasteiger partial charge in [-0.15, -0.1) is 12.4 Å². The summed E-state index contributed by atoms with van der Waals surface area (Å²) in [6.45, 7) is 1.88. The van der Waals surface area contributed by atoms with Gasteiger partial charge in [0.25, 0.3) is 5.91 Å². The summed E-state index contributed by atoms with van der Waals surface area (Å²) in [5.41, 5.74) is 2.98. The molecule has 1 aliphatic rings. The Morgan fingerprint density at radius 1 is 1.28 bits per heavy atom. The van der Waals surface area contributed by atoms with Crippen LogP contribution in [0, 0.1) is 0 Å². The maximum atomic E-state index is 12.3. The van der Waals surface area contributed by atoms with Crippen LogP contribution in [0.25, 0.3) is 0 Å². The number of rotatable bonds is 5. The van der Waals surface area contributed by atoms with Gasteiger partial charge in [0.05, 0.1) is 13.7 Å². The van der Waals surface area contributed by atoms with E-state index in [2.05, 4.69) is 22.8 Å². The number of hydrogen-bond acceptors (Lipinski definition) is 4. The van der Waals surface area contributed by atoms with Crippen LogP contribution in [0.5, 0.6) is 5.75 Å². The summed E-state index contributed by atoms with van der Waals surface area (Å²) in [6, 6.07) is 15.9. The average Bonchev–Trinajstić information content (AvgIpc) is 2.63. The number of amides is 1. The molecule has 1 amide bonds. The lowest BCUT2D eigenvalue weighted by atomic mass is 10.0. The van der Waals surface area contributed by atoms with E-state index in [0.29, 0.717) is 13.2 Å². The van der Waals surface area contributed by atoms with Crippen molar-refractivity contribution < 1.29 is 14.3 Å². The third-order valence-electron chi connectivity index (χ3n) is 4.01. The summed E-state index contributed by atoms with van der Waals surface area (Å²) >= 11 is 0. The number of anilines is 1. The van der Waals surface area contributed by atoms with Crippen molar-refractivity contribution in [3.63, 3.8) is 0 Å². The van der Waals surface area contributed by atoms with Crippen LogP contribution in [-0.2, 0) is 16.0 Å². The fraction of sp³-hybridized carbons (Fsp3) is 0.316. The molecule has 0 aliphatic carbocycles. The van der Waals surface area contributed by atoms with Gasteiger partial charge in [0.15, 0.2) is 0 Å². The quantitative estimate of drug-likeness (QED) is 0.858. The molecule has 134 valence electrons. The molecular formula is C19H23ClN2O3. The van der Waals surface area contributed by atoms with Crippen molar-refractivity contribution in [1.29, 1.82) is 0 Å². The Morgan fingerprint density at radius 3 is 2.76 bits per heavy atom. The van der Waals surface area contributed by atoms with E-state index >= 15 is 0 Å². The van der Waals surface area contributed by atoms with Gasteiger partial charge in [0.2, 0.25) is 0 Å². The van der Waals surface area contributed by atoms with Crippen LogP contribution in [0.1, 0.15) is 11.1 Å². The highest BCUT2D eigenvalue weighted by Crippen LogP contribution is 2.25. The van der Waals surface area contributed by atoms with E-state index in [1.165, 1.54) is 5.56 Å². The minimum Gasteiger partial charge on any atom is -0.496 e. The summed E-state index contributed by atoms with van der Waals surface area (Å²) in [5, 5.41) is 6.09. The van der Waals surface area contributed by atoms with E-state index in [1.807, 2.05) is 36.4 Å². The van der Waals surface area contributed by atoms with Gasteiger partial charge in [0.1, 0.15) is 11.9 Å². The Balaban J connectivity index is 0.00000225. The normalized spacial score (nSPS) is 16.6. The zero-order chi connectivity index (χ0) is 16.8. The van der Waals surface area contributed by atoms with Gasteiger partial charge >= 0.3 is 0 Å². The first kappa shape index (κ1) is 19.2. The molecule has 1 aliphatic heterocycles. The highest BCUT2D eigenvalue weighted by molar-refractivity contribution is 5.94. The van der Waals surface area contributed by atoms with Gasteiger partial charge in [-0.1, -0.05) is 30.3 Å². The SMILES string of the molecule is COc1ccc(NC(=O)C2CNCCO2)cc1Cc1ccccc1.Cl. The molecule has 0 spiro atoms. The second kappa shape index (κ2) is 9.42. The maximum Gasteiger partial charge on any atom is 0.254 e. The van der Waals surface area contributed by atoms with Gasteiger partial charge in [-0.3, -0.25) is 4.79 Å². The van der Waals surface area contributed by atoms with E-state index in [0.717, 1.165) is 30.0 Å². The molecule has 5 nitrogen and oxygen atoms in total. The molecular weight excluding hydrogens is 340 g/mol. The van der Waals surface area contributed by atoms with Crippen molar-refractivity contribution in [2.45, 2.75) is 12.5 Å². The van der Waals surface area contributed by atoms with E-state index in [1.54, 1.807) is 7.11 Å². The van der Waals surface area contributed by atoms with Crippen molar-refractivity contribution in [2.24, 2.45) is 0 Å². The molecule has 6 heteroatoms. The summed E-state index contributed by atoms with van der Waals surface area (Å²) < 4.78 is 10.9. The number of benzene rings is 2. The molecule has 3 rings (SSSR count). The van der Waals surface area contributed by atoms with Crippen molar-refractivity contribution in [2.75, 3.05) is 32.1 Å². The highest BCUT2D eigenvalue weighted by atomic mass is 35.5. The lowest BCUT2D eigenvalue weighted by Crippen LogP contribution is -2.45. The predicted octanol–water partition coefficient (Wildman–Crippen LogP) is 2.63. The van der Waals surface area contributed by atoms with Gasteiger partial charge in [-0.05, 0) is 23.8 Å². The van der Waals surface area contributed by atoms with Crippen LogP contribution in [0.3, 0.4) is 0 Å². The summed E-state index contributed by atoms with van der Waals surface area (Å²) in [6.07, 6.45) is 0.299. The largest absolute Gasteiger partial charge is 0.496 e. The van der Waals surface area contributed by atoms with E-state index in [-0.39, 0.29) is 18.3 Å². The number of halogens is 1. The van der Waals surface area contributed by atoms with Crippen molar-refractivity contribution in [3.05, 3.63) is 59.7 Å². The van der Waals surface area contributed by atoms with Crippen LogP contribution >= 0.6 is 12.4 Å². The Morgan fingerprint density at radius 2 is 2.08 bits per heavy atom. The number of hydrogen-bond donors (Lipinski definition) is 2. The number of methoxy groups -OCH3 is 1. The predicted molar refractivity (Wildman–Crippen MR) is 101 cm³/mol. The molecule has 0 saturated carbocycles. The number of morpholine rings is 1. The Bertz CT molecular complexity index is 688.